The SMILES string of the molecule is Cc1nc2n(n1)CCN(C(=O)[C@@H](C)N)[C@H]2Cc1ccccc1.Cl. The summed E-state index contributed by atoms with van der Waals surface area (Å²) in [6.45, 7) is 4.89. The Morgan fingerprint density at radius 1 is 1.35 bits per heavy atom. The summed E-state index contributed by atoms with van der Waals surface area (Å²) < 4.78 is 1.91. The molecule has 3 rings (SSSR count). The van der Waals surface area contributed by atoms with Crippen molar-refractivity contribution in [3.8, 4) is 0 Å². The lowest BCUT2D eigenvalue weighted by Crippen LogP contribution is -2.49. The standard InChI is InChI=1S/C16H21N5O.ClH/c1-11(17)16(22)20-8-9-21-15(18-12(2)19-21)14(20)10-13-6-4-3-5-7-13;/h3-7,11,14H,8-10,17H2,1-2H3;1H/t11-,14+;/m1./s1. The first-order valence-corrected chi connectivity index (χ1v) is 7.57. The zero-order valence-corrected chi connectivity index (χ0v) is 14.2. The molecule has 7 heteroatoms. The zero-order valence-electron chi connectivity index (χ0n) is 13.3. The molecule has 6 nitrogen and oxygen atoms in total. The Kier molecular flexibility index (Phi) is 5.38. The first-order valence-electron chi connectivity index (χ1n) is 7.57. The second kappa shape index (κ2) is 7.10. The van der Waals surface area contributed by atoms with Crippen LogP contribution in [0.4, 0.5) is 0 Å². The van der Waals surface area contributed by atoms with E-state index in [1.165, 1.54) is 5.56 Å². The van der Waals surface area contributed by atoms with E-state index in [1.54, 1.807) is 6.92 Å². The minimum atomic E-state index is -0.506. The Hall–Kier alpha value is -1.92. The molecule has 0 aliphatic carbocycles. The van der Waals surface area contributed by atoms with Gasteiger partial charge in [0.2, 0.25) is 5.91 Å². The fourth-order valence-corrected chi connectivity index (χ4v) is 2.94. The number of carbonyl (C=O) groups is 1. The van der Waals surface area contributed by atoms with Crippen molar-refractivity contribution in [1.29, 1.82) is 0 Å². The van der Waals surface area contributed by atoms with E-state index in [4.69, 9.17) is 5.73 Å². The number of nitrogens with zero attached hydrogens (tertiary/aromatic N) is 4. The van der Waals surface area contributed by atoms with E-state index in [-0.39, 0.29) is 24.4 Å². The van der Waals surface area contributed by atoms with Gasteiger partial charge in [0, 0.05) is 13.0 Å². The van der Waals surface area contributed by atoms with Crippen LogP contribution in [0.15, 0.2) is 30.3 Å². The number of hydrogen-bond donors (Lipinski definition) is 1. The Balaban J connectivity index is 0.00000192. The average Bonchev–Trinajstić information content (AvgIpc) is 2.89. The van der Waals surface area contributed by atoms with Crippen molar-refractivity contribution in [2.75, 3.05) is 6.54 Å². The van der Waals surface area contributed by atoms with Crippen molar-refractivity contribution in [3.63, 3.8) is 0 Å². The van der Waals surface area contributed by atoms with E-state index in [1.807, 2.05) is 34.7 Å². The van der Waals surface area contributed by atoms with Crippen LogP contribution in [0.3, 0.4) is 0 Å². The van der Waals surface area contributed by atoms with Crippen molar-refractivity contribution < 1.29 is 4.79 Å². The van der Waals surface area contributed by atoms with Crippen molar-refractivity contribution in [1.82, 2.24) is 19.7 Å². The second-order valence-electron chi connectivity index (χ2n) is 5.77. The number of aryl methyl sites for hydroxylation is 1. The highest BCUT2D eigenvalue weighted by atomic mass is 35.5. The van der Waals surface area contributed by atoms with Crippen LogP contribution >= 0.6 is 12.4 Å². The number of fused-ring (bicyclic) bond motifs is 1. The lowest BCUT2D eigenvalue weighted by molar-refractivity contribution is -0.136. The fraction of sp³-hybridized carbons (Fsp3) is 0.438. The van der Waals surface area contributed by atoms with Crippen molar-refractivity contribution in [2.24, 2.45) is 5.73 Å². The zero-order chi connectivity index (χ0) is 15.7. The molecule has 1 aliphatic heterocycles. The van der Waals surface area contributed by atoms with Crippen molar-refractivity contribution in [3.05, 3.63) is 47.5 Å². The molecule has 1 aromatic carbocycles. The molecule has 0 saturated heterocycles. The molecule has 0 fully saturated rings. The molecule has 2 N–H and O–H groups in total. The Bertz CT molecular complexity index is 670. The highest BCUT2D eigenvalue weighted by Gasteiger charge is 2.34. The minimum Gasteiger partial charge on any atom is -0.329 e. The van der Waals surface area contributed by atoms with Gasteiger partial charge in [-0.1, -0.05) is 30.3 Å². The summed E-state index contributed by atoms with van der Waals surface area (Å²) in [5.74, 6) is 1.55. The average molecular weight is 336 g/mol. The highest BCUT2D eigenvalue weighted by Crippen LogP contribution is 2.28. The van der Waals surface area contributed by atoms with Gasteiger partial charge < -0.3 is 10.6 Å². The number of nitrogens with two attached hydrogens (primary N) is 1. The molecule has 0 spiro atoms. The number of carbonyl (C=O) groups excluding carboxylic acids is 1. The molecule has 2 aromatic rings. The van der Waals surface area contributed by atoms with Crippen LogP contribution in [0.25, 0.3) is 0 Å². The van der Waals surface area contributed by atoms with Gasteiger partial charge in [0.05, 0.1) is 18.6 Å². The van der Waals surface area contributed by atoms with Crippen LogP contribution in [0.1, 0.15) is 30.2 Å². The summed E-state index contributed by atoms with van der Waals surface area (Å²) in [4.78, 5) is 18.8. The van der Waals surface area contributed by atoms with Gasteiger partial charge >= 0.3 is 0 Å². The first-order chi connectivity index (χ1) is 10.6. The number of amides is 1. The maximum Gasteiger partial charge on any atom is 0.239 e. The molecule has 2 heterocycles. The fourth-order valence-electron chi connectivity index (χ4n) is 2.94. The van der Waals surface area contributed by atoms with E-state index in [0.717, 1.165) is 18.1 Å². The molecule has 1 amide bonds. The summed E-state index contributed by atoms with van der Waals surface area (Å²) >= 11 is 0. The van der Waals surface area contributed by atoms with Crippen LogP contribution in [0.2, 0.25) is 0 Å². The van der Waals surface area contributed by atoms with E-state index >= 15 is 0 Å². The number of halogens is 1. The summed E-state index contributed by atoms with van der Waals surface area (Å²) in [6, 6.07) is 9.51. The van der Waals surface area contributed by atoms with Gasteiger partial charge in [0.25, 0.3) is 0 Å². The predicted molar refractivity (Wildman–Crippen MR) is 90.3 cm³/mol. The van der Waals surface area contributed by atoms with Crippen molar-refractivity contribution in [2.45, 2.75) is 38.9 Å². The van der Waals surface area contributed by atoms with Gasteiger partial charge in [-0.3, -0.25) is 4.79 Å². The van der Waals surface area contributed by atoms with Gasteiger partial charge in [-0.15, -0.1) is 12.4 Å². The Morgan fingerprint density at radius 3 is 2.70 bits per heavy atom. The van der Waals surface area contributed by atoms with Gasteiger partial charge in [-0.25, -0.2) is 9.67 Å². The lowest BCUT2D eigenvalue weighted by atomic mass is 10.0. The van der Waals surface area contributed by atoms with Crippen LogP contribution in [-0.4, -0.2) is 38.2 Å². The summed E-state index contributed by atoms with van der Waals surface area (Å²) in [6.07, 6.45) is 0.720. The van der Waals surface area contributed by atoms with Crippen molar-refractivity contribution >= 4 is 18.3 Å². The molecule has 1 aliphatic rings. The van der Waals surface area contributed by atoms with Crippen LogP contribution < -0.4 is 5.73 Å². The van der Waals surface area contributed by atoms with E-state index in [0.29, 0.717) is 13.1 Å². The molecule has 0 bridgehead atoms. The van der Waals surface area contributed by atoms with E-state index in [2.05, 4.69) is 22.2 Å². The highest BCUT2D eigenvalue weighted by molar-refractivity contribution is 5.85. The molecule has 23 heavy (non-hydrogen) atoms. The largest absolute Gasteiger partial charge is 0.329 e. The molecule has 1 aromatic heterocycles. The van der Waals surface area contributed by atoms with Crippen LogP contribution in [-0.2, 0) is 17.8 Å². The summed E-state index contributed by atoms with van der Waals surface area (Å²) in [7, 11) is 0. The predicted octanol–water partition coefficient (Wildman–Crippen LogP) is 1.48. The smallest absolute Gasteiger partial charge is 0.239 e. The van der Waals surface area contributed by atoms with Gasteiger partial charge in [-0.05, 0) is 19.4 Å². The second-order valence-corrected chi connectivity index (χ2v) is 5.77. The molecule has 0 radical (unpaired) electrons. The van der Waals surface area contributed by atoms with E-state index in [9.17, 15) is 4.79 Å². The van der Waals surface area contributed by atoms with Gasteiger partial charge in [0.15, 0.2) is 0 Å². The monoisotopic (exact) mass is 335 g/mol. The molecular weight excluding hydrogens is 314 g/mol. The third kappa shape index (κ3) is 3.54. The molecule has 0 saturated carbocycles. The third-order valence-electron chi connectivity index (χ3n) is 3.98. The first kappa shape index (κ1) is 17.4. The van der Waals surface area contributed by atoms with Crippen LogP contribution in [0, 0.1) is 6.92 Å². The van der Waals surface area contributed by atoms with Gasteiger partial charge in [0.1, 0.15) is 11.6 Å². The number of benzene rings is 1. The summed E-state index contributed by atoms with van der Waals surface area (Å²) in [5, 5.41) is 4.42. The number of aromatic nitrogens is 3. The molecule has 2 atom stereocenters. The maximum atomic E-state index is 12.5. The quantitative estimate of drug-likeness (QED) is 0.921. The minimum absolute atomic E-state index is 0. The normalized spacial score (nSPS) is 18.0. The maximum absolute atomic E-state index is 12.5. The molecular formula is C16H22ClN5O. The lowest BCUT2D eigenvalue weighted by Gasteiger charge is -2.36. The summed E-state index contributed by atoms with van der Waals surface area (Å²) in [5.41, 5.74) is 6.98. The Morgan fingerprint density at radius 2 is 2.04 bits per heavy atom. The molecule has 0 unspecified atom stereocenters. The van der Waals surface area contributed by atoms with Gasteiger partial charge in [-0.2, -0.15) is 5.10 Å². The third-order valence-corrected chi connectivity index (χ3v) is 3.98. The number of rotatable bonds is 3. The topological polar surface area (TPSA) is 77.0 Å². The number of hydrogen-bond acceptors (Lipinski definition) is 4. The molecule has 124 valence electrons. The van der Waals surface area contributed by atoms with Crippen LogP contribution in [0.5, 0.6) is 0 Å². The van der Waals surface area contributed by atoms with E-state index < -0.39 is 6.04 Å². The Labute approximate surface area is 142 Å².